The van der Waals surface area contributed by atoms with E-state index in [0.29, 0.717) is 5.88 Å². The lowest BCUT2D eigenvalue weighted by atomic mass is 10.1. The number of halogens is 1. The van der Waals surface area contributed by atoms with E-state index < -0.39 is 0 Å². The number of aryl methyl sites for hydroxylation is 1. The maximum absolute atomic E-state index is 5.70. The van der Waals surface area contributed by atoms with Crippen LogP contribution >= 0.6 is 11.6 Å². The molecule has 0 saturated carbocycles. The fourth-order valence-corrected chi connectivity index (χ4v) is 1.33. The van der Waals surface area contributed by atoms with E-state index in [1.165, 1.54) is 5.56 Å². The quantitative estimate of drug-likeness (QED) is 0.657. The summed E-state index contributed by atoms with van der Waals surface area (Å²) in [4.78, 5) is 0. The fourth-order valence-electron chi connectivity index (χ4n) is 1.16. The zero-order valence-electron chi connectivity index (χ0n) is 7.43. The van der Waals surface area contributed by atoms with E-state index in [2.05, 4.69) is 13.0 Å². The molecule has 0 atom stereocenters. The molecule has 0 radical (unpaired) electrons. The van der Waals surface area contributed by atoms with Crippen molar-refractivity contribution >= 4 is 11.6 Å². The predicted octanol–water partition coefficient (Wildman–Crippen LogP) is 3.00. The van der Waals surface area contributed by atoms with Gasteiger partial charge in [0.15, 0.2) is 0 Å². The van der Waals surface area contributed by atoms with Crippen LogP contribution in [0.15, 0.2) is 18.2 Å². The highest BCUT2D eigenvalue weighted by Crippen LogP contribution is 2.21. The molecule has 12 heavy (non-hydrogen) atoms. The number of ether oxygens (including phenoxy) is 1. The van der Waals surface area contributed by atoms with E-state index in [9.17, 15) is 0 Å². The molecule has 0 N–H and O–H groups in total. The summed E-state index contributed by atoms with van der Waals surface area (Å²) >= 11 is 5.70. The maximum Gasteiger partial charge on any atom is 0.122 e. The van der Waals surface area contributed by atoms with Gasteiger partial charge in [0.05, 0.1) is 7.11 Å². The van der Waals surface area contributed by atoms with Gasteiger partial charge in [-0.15, -0.1) is 11.6 Å². The van der Waals surface area contributed by atoms with E-state index >= 15 is 0 Å². The van der Waals surface area contributed by atoms with Crippen LogP contribution in [0.5, 0.6) is 5.75 Å². The van der Waals surface area contributed by atoms with Gasteiger partial charge in [-0.2, -0.15) is 0 Å². The molecule has 0 aliphatic heterocycles. The normalized spacial score (nSPS) is 9.92. The lowest BCUT2D eigenvalue weighted by Gasteiger charge is -2.07. The summed E-state index contributed by atoms with van der Waals surface area (Å²) in [6, 6.07) is 6.09. The molecular formula is C10H13ClO. The maximum atomic E-state index is 5.70. The SMILES string of the molecule is CCc1ccc(CCl)cc1OC. The molecule has 1 nitrogen and oxygen atoms in total. The average Bonchev–Trinajstić information content (AvgIpc) is 2.16. The Morgan fingerprint density at radius 1 is 1.42 bits per heavy atom. The van der Waals surface area contributed by atoms with Crippen molar-refractivity contribution in [1.29, 1.82) is 0 Å². The largest absolute Gasteiger partial charge is 0.496 e. The van der Waals surface area contributed by atoms with Crippen LogP contribution in [-0.4, -0.2) is 7.11 Å². The van der Waals surface area contributed by atoms with Crippen LogP contribution in [-0.2, 0) is 12.3 Å². The highest BCUT2D eigenvalue weighted by molar-refractivity contribution is 6.17. The van der Waals surface area contributed by atoms with E-state index in [1.807, 2.05) is 12.1 Å². The molecule has 1 aromatic rings. The lowest BCUT2D eigenvalue weighted by Crippen LogP contribution is -1.91. The third-order valence-corrected chi connectivity index (χ3v) is 2.20. The molecule has 66 valence electrons. The molecular weight excluding hydrogens is 172 g/mol. The summed E-state index contributed by atoms with van der Waals surface area (Å²) < 4.78 is 5.22. The van der Waals surface area contributed by atoms with Crippen LogP contribution in [0.25, 0.3) is 0 Å². The molecule has 0 aliphatic rings. The lowest BCUT2D eigenvalue weighted by molar-refractivity contribution is 0.410. The molecule has 0 spiro atoms. The molecule has 0 saturated heterocycles. The number of hydrogen-bond acceptors (Lipinski definition) is 1. The monoisotopic (exact) mass is 184 g/mol. The predicted molar refractivity (Wildman–Crippen MR) is 51.9 cm³/mol. The fraction of sp³-hybridized carbons (Fsp3) is 0.400. The molecule has 0 aromatic heterocycles. The van der Waals surface area contributed by atoms with Crippen molar-refractivity contribution in [3.8, 4) is 5.75 Å². The molecule has 0 aliphatic carbocycles. The van der Waals surface area contributed by atoms with Crippen LogP contribution in [0.1, 0.15) is 18.1 Å². The Kier molecular flexibility index (Phi) is 3.42. The summed E-state index contributed by atoms with van der Waals surface area (Å²) in [5.74, 6) is 1.48. The van der Waals surface area contributed by atoms with Gasteiger partial charge in [-0.25, -0.2) is 0 Å². The molecule has 1 rings (SSSR count). The van der Waals surface area contributed by atoms with Gasteiger partial charge in [0.25, 0.3) is 0 Å². The highest BCUT2D eigenvalue weighted by atomic mass is 35.5. The highest BCUT2D eigenvalue weighted by Gasteiger charge is 2.00. The van der Waals surface area contributed by atoms with Gasteiger partial charge >= 0.3 is 0 Å². The van der Waals surface area contributed by atoms with Crippen molar-refractivity contribution in [1.82, 2.24) is 0 Å². The van der Waals surface area contributed by atoms with Crippen LogP contribution in [0.3, 0.4) is 0 Å². The summed E-state index contributed by atoms with van der Waals surface area (Å²) in [5.41, 5.74) is 2.33. The topological polar surface area (TPSA) is 9.23 Å². The second-order valence-corrected chi connectivity index (χ2v) is 2.90. The van der Waals surface area contributed by atoms with Crippen molar-refractivity contribution in [2.24, 2.45) is 0 Å². The van der Waals surface area contributed by atoms with Gasteiger partial charge in [-0.05, 0) is 23.6 Å². The third-order valence-electron chi connectivity index (χ3n) is 1.89. The minimum absolute atomic E-state index is 0.542. The van der Waals surface area contributed by atoms with Crippen molar-refractivity contribution < 1.29 is 4.74 Å². The van der Waals surface area contributed by atoms with E-state index in [-0.39, 0.29) is 0 Å². The number of benzene rings is 1. The first-order valence-electron chi connectivity index (χ1n) is 4.03. The van der Waals surface area contributed by atoms with Crippen molar-refractivity contribution in [3.05, 3.63) is 29.3 Å². The molecule has 0 fully saturated rings. The number of hydrogen-bond donors (Lipinski definition) is 0. The minimum Gasteiger partial charge on any atom is -0.496 e. The van der Waals surface area contributed by atoms with Gasteiger partial charge in [0.1, 0.15) is 5.75 Å². The van der Waals surface area contributed by atoms with E-state index in [4.69, 9.17) is 16.3 Å². The summed E-state index contributed by atoms with van der Waals surface area (Å²) in [6.45, 7) is 2.11. The average molecular weight is 185 g/mol. The molecule has 0 bridgehead atoms. The summed E-state index contributed by atoms with van der Waals surface area (Å²) in [7, 11) is 1.69. The van der Waals surface area contributed by atoms with Gasteiger partial charge in [0, 0.05) is 5.88 Å². The number of alkyl halides is 1. The third kappa shape index (κ3) is 1.92. The first kappa shape index (κ1) is 9.40. The second kappa shape index (κ2) is 4.36. The molecule has 0 amide bonds. The zero-order valence-corrected chi connectivity index (χ0v) is 8.19. The standard InChI is InChI=1S/C10H13ClO/c1-3-9-5-4-8(7-11)6-10(9)12-2/h4-6H,3,7H2,1-2H3. The van der Waals surface area contributed by atoms with Gasteiger partial charge in [-0.1, -0.05) is 19.1 Å². The van der Waals surface area contributed by atoms with E-state index in [0.717, 1.165) is 17.7 Å². The first-order chi connectivity index (χ1) is 5.81. The Hall–Kier alpha value is -0.690. The van der Waals surface area contributed by atoms with E-state index in [1.54, 1.807) is 7.11 Å². The summed E-state index contributed by atoms with van der Waals surface area (Å²) in [6.07, 6.45) is 0.992. The Bertz CT molecular complexity index is 258. The Balaban J connectivity index is 3.02. The molecule has 2 heteroatoms. The van der Waals surface area contributed by atoms with Crippen molar-refractivity contribution in [2.45, 2.75) is 19.2 Å². The second-order valence-electron chi connectivity index (χ2n) is 2.63. The first-order valence-corrected chi connectivity index (χ1v) is 4.57. The molecule has 0 heterocycles. The zero-order chi connectivity index (χ0) is 8.97. The number of methoxy groups -OCH3 is 1. The Morgan fingerprint density at radius 2 is 2.17 bits per heavy atom. The van der Waals surface area contributed by atoms with Crippen molar-refractivity contribution in [2.75, 3.05) is 7.11 Å². The molecule has 1 aromatic carbocycles. The number of rotatable bonds is 3. The molecule has 0 unspecified atom stereocenters. The smallest absolute Gasteiger partial charge is 0.122 e. The summed E-state index contributed by atoms with van der Waals surface area (Å²) in [5, 5.41) is 0. The van der Waals surface area contributed by atoms with Crippen LogP contribution in [0.2, 0.25) is 0 Å². The Labute approximate surface area is 78.3 Å². The van der Waals surface area contributed by atoms with Crippen LogP contribution in [0.4, 0.5) is 0 Å². The van der Waals surface area contributed by atoms with Crippen LogP contribution in [0, 0.1) is 0 Å². The van der Waals surface area contributed by atoms with Gasteiger partial charge in [-0.3, -0.25) is 0 Å². The Morgan fingerprint density at radius 3 is 2.67 bits per heavy atom. The van der Waals surface area contributed by atoms with Gasteiger partial charge in [0.2, 0.25) is 0 Å². The van der Waals surface area contributed by atoms with Gasteiger partial charge < -0.3 is 4.74 Å². The minimum atomic E-state index is 0.542. The van der Waals surface area contributed by atoms with Crippen molar-refractivity contribution in [3.63, 3.8) is 0 Å². The van der Waals surface area contributed by atoms with Crippen LogP contribution < -0.4 is 4.74 Å².